The van der Waals surface area contributed by atoms with E-state index in [4.69, 9.17) is 11.6 Å². The molecule has 0 aliphatic heterocycles. The van der Waals surface area contributed by atoms with Crippen LogP contribution in [0.2, 0.25) is 5.02 Å². The highest BCUT2D eigenvalue weighted by Gasteiger charge is 2.32. The quantitative estimate of drug-likeness (QED) is 0.452. The van der Waals surface area contributed by atoms with E-state index in [0.717, 1.165) is 11.4 Å². The highest BCUT2D eigenvalue weighted by atomic mass is 35.5. The molecule has 2 aromatic rings. The zero-order chi connectivity index (χ0) is 20.4. The summed E-state index contributed by atoms with van der Waals surface area (Å²) < 4.78 is 0. The van der Waals surface area contributed by atoms with E-state index in [1.54, 1.807) is 0 Å². The Labute approximate surface area is 172 Å². The SMILES string of the molecule is CC(C)C(C)C(C)(C)c1ccc(C(C)(C)C(C)Cc2cccc(Cl)c2)cc1. The highest BCUT2D eigenvalue weighted by Crippen LogP contribution is 2.38. The Hall–Kier alpha value is -1.27. The van der Waals surface area contributed by atoms with Gasteiger partial charge in [-0.25, -0.2) is 0 Å². The minimum Gasteiger partial charge on any atom is -0.0843 e. The normalized spacial score (nSPS) is 15.0. The van der Waals surface area contributed by atoms with Gasteiger partial charge in [-0.2, -0.15) is 0 Å². The van der Waals surface area contributed by atoms with Gasteiger partial charge in [0.05, 0.1) is 0 Å². The minimum absolute atomic E-state index is 0.106. The second kappa shape index (κ2) is 8.39. The van der Waals surface area contributed by atoms with Crippen LogP contribution in [0, 0.1) is 17.8 Å². The standard InChI is InChI=1S/C26H37Cl/c1-18(2)20(4)26(7,8)23-14-12-22(13-15-23)25(5,6)19(3)16-21-10-9-11-24(27)17-21/h9-15,17-20H,16H2,1-8H3. The molecule has 0 aromatic heterocycles. The molecule has 0 amide bonds. The van der Waals surface area contributed by atoms with Crippen molar-refractivity contribution in [2.75, 3.05) is 0 Å². The van der Waals surface area contributed by atoms with Gasteiger partial charge in [-0.05, 0) is 63.8 Å². The summed E-state index contributed by atoms with van der Waals surface area (Å²) in [6, 6.07) is 17.6. The third-order valence-electron chi connectivity index (χ3n) is 7.17. The Bertz CT molecular complexity index is 737. The lowest BCUT2D eigenvalue weighted by Crippen LogP contribution is -2.31. The molecule has 0 aliphatic carbocycles. The summed E-state index contributed by atoms with van der Waals surface area (Å²) in [5.41, 5.74) is 4.45. The third-order valence-corrected chi connectivity index (χ3v) is 7.41. The molecule has 148 valence electrons. The van der Waals surface area contributed by atoms with Crippen molar-refractivity contribution in [2.45, 2.75) is 72.6 Å². The number of hydrogen-bond acceptors (Lipinski definition) is 0. The Morgan fingerprint density at radius 3 is 1.78 bits per heavy atom. The Morgan fingerprint density at radius 1 is 0.778 bits per heavy atom. The van der Waals surface area contributed by atoms with Crippen LogP contribution in [0.3, 0.4) is 0 Å². The first-order valence-electron chi connectivity index (χ1n) is 10.3. The van der Waals surface area contributed by atoms with Gasteiger partial charge in [-0.1, -0.05) is 103 Å². The van der Waals surface area contributed by atoms with Crippen LogP contribution >= 0.6 is 11.6 Å². The molecule has 0 N–H and O–H groups in total. The van der Waals surface area contributed by atoms with E-state index in [0.29, 0.717) is 17.8 Å². The van der Waals surface area contributed by atoms with E-state index < -0.39 is 0 Å². The fourth-order valence-electron chi connectivity index (χ4n) is 3.98. The van der Waals surface area contributed by atoms with Crippen LogP contribution in [0.5, 0.6) is 0 Å². The molecule has 0 bridgehead atoms. The topological polar surface area (TPSA) is 0 Å². The lowest BCUT2D eigenvalue weighted by Gasteiger charge is -2.37. The van der Waals surface area contributed by atoms with Crippen molar-refractivity contribution >= 4 is 11.6 Å². The largest absolute Gasteiger partial charge is 0.0843 e. The van der Waals surface area contributed by atoms with Crippen LogP contribution in [0.1, 0.15) is 72.1 Å². The average Bonchev–Trinajstić information content (AvgIpc) is 2.61. The van der Waals surface area contributed by atoms with Crippen molar-refractivity contribution in [1.29, 1.82) is 0 Å². The summed E-state index contributed by atoms with van der Waals surface area (Å²) in [5.74, 6) is 1.83. The average molecular weight is 385 g/mol. The molecule has 0 saturated heterocycles. The van der Waals surface area contributed by atoms with Crippen LogP contribution < -0.4 is 0 Å². The van der Waals surface area contributed by atoms with E-state index >= 15 is 0 Å². The number of halogens is 1. The molecule has 27 heavy (non-hydrogen) atoms. The van der Waals surface area contributed by atoms with Gasteiger partial charge in [0.25, 0.3) is 0 Å². The maximum atomic E-state index is 6.17. The summed E-state index contributed by atoms with van der Waals surface area (Å²) in [5, 5.41) is 0.823. The zero-order valence-electron chi connectivity index (χ0n) is 18.4. The van der Waals surface area contributed by atoms with Gasteiger partial charge in [-0.3, -0.25) is 0 Å². The molecule has 0 aliphatic rings. The van der Waals surface area contributed by atoms with Gasteiger partial charge in [-0.15, -0.1) is 0 Å². The number of rotatable bonds is 7. The van der Waals surface area contributed by atoms with Crippen molar-refractivity contribution in [3.63, 3.8) is 0 Å². The second-order valence-corrected chi connectivity index (χ2v) is 10.2. The maximum absolute atomic E-state index is 6.17. The van der Waals surface area contributed by atoms with Gasteiger partial charge in [0.15, 0.2) is 0 Å². The van der Waals surface area contributed by atoms with Crippen LogP contribution in [0.15, 0.2) is 48.5 Å². The van der Waals surface area contributed by atoms with Crippen molar-refractivity contribution in [1.82, 2.24) is 0 Å². The molecule has 2 rings (SSSR count). The predicted molar refractivity (Wildman–Crippen MR) is 121 cm³/mol. The highest BCUT2D eigenvalue weighted by molar-refractivity contribution is 6.30. The summed E-state index contributed by atoms with van der Waals surface area (Å²) in [6.45, 7) is 18.8. The lowest BCUT2D eigenvalue weighted by atomic mass is 9.68. The smallest absolute Gasteiger partial charge is 0.0408 e. The van der Waals surface area contributed by atoms with Crippen LogP contribution in [0.25, 0.3) is 0 Å². The molecule has 2 unspecified atom stereocenters. The fraction of sp³-hybridized carbons (Fsp3) is 0.538. The van der Waals surface area contributed by atoms with Crippen molar-refractivity contribution in [2.24, 2.45) is 17.8 Å². The van der Waals surface area contributed by atoms with Gasteiger partial charge < -0.3 is 0 Å². The lowest BCUT2D eigenvalue weighted by molar-refractivity contribution is 0.263. The van der Waals surface area contributed by atoms with Crippen molar-refractivity contribution in [3.05, 3.63) is 70.2 Å². The zero-order valence-corrected chi connectivity index (χ0v) is 19.2. The van der Waals surface area contributed by atoms with Crippen molar-refractivity contribution < 1.29 is 0 Å². The Balaban J connectivity index is 2.21. The molecule has 0 nitrogen and oxygen atoms in total. The Kier molecular flexibility index (Phi) is 6.85. The molecule has 0 saturated carbocycles. The summed E-state index contributed by atoms with van der Waals surface area (Å²) in [7, 11) is 0. The molecule has 2 aromatic carbocycles. The van der Waals surface area contributed by atoms with Crippen LogP contribution in [0.4, 0.5) is 0 Å². The minimum atomic E-state index is 0.106. The van der Waals surface area contributed by atoms with E-state index in [2.05, 4.69) is 91.8 Å². The molecule has 0 heterocycles. The third kappa shape index (κ3) is 4.96. The van der Waals surface area contributed by atoms with E-state index in [9.17, 15) is 0 Å². The number of benzene rings is 2. The summed E-state index contributed by atoms with van der Waals surface area (Å²) in [6.07, 6.45) is 1.03. The van der Waals surface area contributed by atoms with Crippen LogP contribution in [-0.2, 0) is 17.3 Å². The molecular weight excluding hydrogens is 348 g/mol. The van der Waals surface area contributed by atoms with Gasteiger partial charge in [0, 0.05) is 5.02 Å². The summed E-state index contributed by atoms with van der Waals surface area (Å²) >= 11 is 6.17. The number of hydrogen-bond donors (Lipinski definition) is 0. The first kappa shape index (κ1) is 22.0. The van der Waals surface area contributed by atoms with E-state index in [-0.39, 0.29) is 10.8 Å². The molecule has 0 spiro atoms. The summed E-state index contributed by atoms with van der Waals surface area (Å²) in [4.78, 5) is 0. The predicted octanol–water partition coefficient (Wildman–Crippen LogP) is 8.07. The van der Waals surface area contributed by atoms with E-state index in [1.807, 2.05) is 12.1 Å². The Morgan fingerprint density at radius 2 is 1.30 bits per heavy atom. The van der Waals surface area contributed by atoms with Crippen molar-refractivity contribution in [3.8, 4) is 0 Å². The maximum Gasteiger partial charge on any atom is 0.0408 e. The molecule has 2 atom stereocenters. The first-order valence-corrected chi connectivity index (χ1v) is 10.7. The fourth-order valence-corrected chi connectivity index (χ4v) is 4.20. The first-order chi connectivity index (χ1) is 12.5. The van der Waals surface area contributed by atoms with Crippen LogP contribution in [-0.4, -0.2) is 0 Å². The van der Waals surface area contributed by atoms with E-state index in [1.165, 1.54) is 16.7 Å². The molecule has 1 heteroatoms. The van der Waals surface area contributed by atoms with Gasteiger partial charge in [0.1, 0.15) is 0 Å². The molecular formula is C26H37Cl. The monoisotopic (exact) mass is 384 g/mol. The molecule has 0 fully saturated rings. The second-order valence-electron chi connectivity index (χ2n) is 9.79. The molecule has 0 radical (unpaired) electrons. The van der Waals surface area contributed by atoms with Gasteiger partial charge >= 0.3 is 0 Å². The van der Waals surface area contributed by atoms with Gasteiger partial charge in [0.2, 0.25) is 0 Å².